The van der Waals surface area contributed by atoms with Gasteiger partial charge in [-0.3, -0.25) is 15.0 Å². The van der Waals surface area contributed by atoms with Gasteiger partial charge in [-0.05, 0) is 37.3 Å². The minimum absolute atomic E-state index is 0.0923. The number of hydrogen-bond donors (Lipinski definition) is 3. The molecule has 3 aromatic heterocycles. The number of hydrogen-bond acceptors (Lipinski definition) is 5. The van der Waals surface area contributed by atoms with Gasteiger partial charge in [0.05, 0.1) is 29.7 Å². The lowest BCUT2D eigenvalue weighted by atomic mass is 9.85. The molecule has 3 heterocycles. The van der Waals surface area contributed by atoms with Crippen LogP contribution >= 0.6 is 0 Å². The third kappa shape index (κ3) is 3.98. The summed E-state index contributed by atoms with van der Waals surface area (Å²) in [5, 5.41) is 7.34. The molecule has 0 aliphatic heterocycles. The average Bonchev–Trinajstić information content (AvgIpc) is 3.51. The van der Waals surface area contributed by atoms with E-state index >= 15 is 0 Å². The zero-order chi connectivity index (χ0) is 21.0. The quantitative estimate of drug-likeness (QED) is 0.546. The predicted molar refractivity (Wildman–Crippen MR) is 120 cm³/mol. The van der Waals surface area contributed by atoms with Gasteiger partial charge < -0.3 is 10.7 Å². The topological polar surface area (TPSA) is 99.5 Å². The number of fused-ring (bicyclic) bond motifs is 1. The Morgan fingerprint density at radius 2 is 2.19 bits per heavy atom. The molecule has 0 spiro atoms. The smallest absolute Gasteiger partial charge is 0.124 e. The maximum atomic E-state index is 6.00. The Morgan fingerprint density at radius 1 is 1.23 bits per heavy atom. The van der Waals surface area contributed by atoms with Gasteiger partial charge in [0.2, 0.25) is 0 Å². The van der Waals surface area contributed by atoms with Gasteiger partial charge in [-0.25, -0.2) is 4.98 Å². The highest BCUT2D eigenvalue weighted by Gasteiger charge is 2.37. The van der Waals surface area contributed by atoms with Crippen molar-refractivity contribution in [2.24, 2.45) is 11.7 Å². The highest BCUT2D eigenvalue weighted by Crippen LogP contribution is 2.43. The van der Waals surface area contributed by atoms with Crippen LogP contribution in [-0.4, -0.2) is 30.0 Å². The Labute approximate surface area is 182 Å². The number of pyridine rings is 1. The van der Waals surface area contributed by atoms with Crippen molar-refractivity contribution < 1.29 is 0 Å². The minimum atomic E-state index is 0.0923. The summed E-state index contributed by atoms with van der Waals surface area (Å²) in [6.07, 6.45) is 20.7. The highest BCUT2D eigenvalue weighted by atomic mass is 15.2. The van der Waals surface area contributed by atoms with Crippen molar-refractivity contribution in [1.29, 1.82) is 0 Å². The Bertz CT molecular complexity index is 1050. The van der Waals surface area contributed by atoms with Gasteiger partial charge in [0.1, 0.15) is 5.82 Å². The van der Waals surface area contributed by atoms with Gasteiger partial charge in [-0.2, -0.15) is 5.10 Å². The standard InChI is InChI=1S/C24H29N7/c25-14-20-19(15-29-30-20)16-31(21-10-4-8-17-9-5-11-26-22(17)21)23(24-27-12-13-28-24)18-6-2-1-3-7-18/h1-3,5-6,9,11-13,15,18,21,23H,4,7-8,10,14,16,25H2,(H,27,28)(H,29,30). The largest absolute Gasteiger partial charge is 0.347 e. The van der Waals surface area contributed by atoms with E-state index in [4.69, 9.17) is 15.7 Å². The first-order valence-electron chi connectivity index (χ1n) is 11.1. The van der Waals surface area contributed by atoms with Crippen LogP contribution in [-0.2, 0) is 19.5 Å². The van der Waals surface area contributed by atoms with Crippen molar-refractivity contribution in [3.8, 4) is 0 Å². The summed E-state index contributed by atoms with van der Waals surface area (Å²) in [6, 6.07) is 4.57. The van der Waals surface area contributed by atoms with E-state index in [2.05, 4.69) is 50.5 Å². The highest BCUT2D eigenvalue weighted by molar-refractivity contribution is 5.28. The number of nitrogens with one attached hydrogen (secondary N) is 2. The summed E-state index contributed by atoms with van der Waals surface area (Å²) >= 11 is 0. The molecule has 3 aromatic rings. The van der Waals surface area contributed by atoms with E-state index < -0.39 is 0 Å². The van der Waals surface area contributed by atoms with Crippen LogP contribution in [0, 0.1) is 5.92 Å². The van der Waals surface area contributed by atoms with E-state index in [0.717, 1.165) is 49.3 Å². The molecule has 160 valence electrons. The van der Waals surface area contributed by atoms with Gasteiger partial charge in [-0.1, -0.05) is 30.4 Å². The van der Waals surface area contributed by atoms with Gasteiger partial charge >= 0.3 is 0 Å². The number of allylic oxidation sites excluding steroid dienone is 3. The third-order valence-electron chi connectivity index (χ3n) is 6.51. The number of H-pyrrole nitrogens is 2. The predicted octanol–water partition coefficient (Wildman–Crippen LogP) is 3.74. The molecule has 0 saturated heterocycles. The van der Waals surface area contributed by atoms with Gasteiger partial charge in [0.25, 0.3) is 0 Å². The monoisotopic (exact) mass is 415 g/mol. The Kier molecular flexibility index (Phi) is 5.78. The molecule has 3 unspecified atom stereocenters. The first kappa shape index (κ1) is 19.9. The SMILES string of the molecule is NCc1[nH]ncc1CN(C1CCCc2cccnc21)C(c1ncc[nH]1)C1C=CC=CC1. The average molecular weight is 416 g/mol. The number of aromatic amines is 2. The fourth-order valence-electron chi connectivity index (χ4n) is 5.04. The van der Waals surface area contributed by atoms with Gasteiger partial charge in [0.15, 0.2) is 0 Å². The van der Waals surface area contributed by atoms with Crippen molar-refractivity contribution in [1.82, 2.24) is 30.0 Å². The lowest BCUT2D eigenvalue weighted by Crippen LogP contribution is -2.39. The van der Waals surface area contributed by atoms with E-state index in [-0.39, 0.29) is 12.1 Å². The van der Waals surface area contributed by atoms with E-state index in [1.165, 1.54) is 11.3 Å². The number of aromatic nitrogens is 5. The first-order valence-corrected chi connectivity index (χ1v) is 11.1. The van der Waals surface area contributed by atoms with Crippen molar-refractivity contribution in [3.05, 3.63) is 89.6 Å². The second-order valence-electron chi connectivity index (χ2n) is 8.34. The molecular weight excluding hydrogens is 386 g/mol. The molecule has 7 nitrogen and oxygen atoms in total. The van der Waals surface area contributed by atoms with Gasteiger partial charge in [-0.15, -0.1) is 0 Å². The van der Waals surface area contributed by atoms with Crippen LogP contribution in [0.3, 0.4) is 0 Å². The number of nitrogens with two attached hydrogens (primary N) is 1. The van der Waals surface area contributed by atoms with Crippen LogP contribution < -0.4 is 5.73 Å². The molecule has 7 heteroatoms. The molecular formula is C24H29N7. The molecule has 2 aliphatic rings. The molecule has 0 saturated carbocycles. The van der Waals surface area contributed by atoms with Crippen LogP contribution in [0.2, 0.25) is 0 Å². The Hall–Kier alpha value is -3.03. The number of aryl methyl sites for hydroxylation is 1. The van der Waals surface area contributed by atoms with Crippen molar-refractivity contribution >= 4 is 0 Å². The molecule has 4 N–H and O–H groups in total. The molecule has 5 rings (SSSR count). The lowest BCUT2D eigenvalue weighted by Gasteiger charge is -2.42. The molecule has 0 fully saturated rings. The fourth-order valence-corrected chi connectivity index (χ4v) is 5.04. The third-order valence-corrected chi connectivity index (χ3v) is 6.51. The molecule has 0 radical (unpaired) electrons. The Balaban J connectivity index is 1.60. The maximum absolute atomic E-state index is 6.00. The van der Waals surface area contributed by atoms with E-state index in [9.17, 15) is 0 Å². The Morgan fingerprint density at radius 3 is 3.00 bits per heavy atom. The van der Waals surface area contributed by atoms with E-state index in [1.54, 1.807) is 0 Å². The summed E-state index contributed by atoms with van der Waals surface area (Å²) in [5.41, 5.74) is 10.7. The van der Waals surface area contributed by atoms with Crippen LogP contribution in [0.25, 0.3) is 0 Å². The normalized spacial score (nSPS) is 21.4. The zero-order valence-electron chi connectivity index (χ0n) is 17.6. The van der Waals surface area contributed by atoms with Crippen molar-refractivity contribution in [3.63, 3.8) is 0 Å². The molecule has 0 aromatic carbocycles. The van der Waals surface area contributed by atoms with Crippen molar-refractivity contribution in [2.75, 3.05) is 0 Å². The maximum Gasteiger partial charge on any atom is 0.124 e. The van der Waals surface area contributed by atoms with Crippen LogP contribution in [0.15, 0.2) is 61.2 Å². The molecule has 3 atom stereocenters. The first-order chi connectivity index (χ1) is 15.3. The fraction of sp³-hybridized carbons (Fsp3) is 0.375. The number of imidazole rings is 1. The number of nitrogens with zero attached hydrogens (tertiary/aromatic N) is 4. The van der Waals surface area contributed by atoms with Crippen LogP contribution in [0.5, 0.6) is 0 Å². The van der Waals surface area contributed by atoms with Crippen LogP contribution in [0.1, 0.15) is 59.7 Å². The van der Waals surface area contributed by atoms with Crippen molar-refractivity contribution in [2.45, 2.75) is 50.9 Å². The molecule has 2 aliphatic carbocycles. The molecule has 0 amide bonds. The zero-order valence-corrected chi connectivity index (χ0v) is 17.6. The minimum Gasteiger partial charge on any atom is -0.347 e. The summed E-state index contributed by atoms with van der Waals surface area (Å²) in [6.45, 7) is 1.18. The second kappa shape index (κ2) is 8.99. The van der Waals surface area contributed by atoms with E-state index in [0.29, 0.717) is 12.5 Å². The summed E-state index contributed by atoms with van der Waals surface area (Å²) < 4.78 is 0. The summed E-state index contributed by atoms with van der Waals surface area (Å²) in [5.74, 6) is 1.31. The summed E-state index contributed by atoms with van der Waals surface area (Å²) in [4.78, 5) is 15.5. The number of rotatable bonds is 7. The van der Waals surface area contributed by atoms with Gasteiger partial charge in [0, 0.05) is 43.2 Å². The van der Waals surface area contributed by atoms with Crippen LogP contribution in [0.4, 0.5) is 0 Å². The summed E-state index contributed by atoms with van der Waals surface area (Å²) in [7, 11) is 0. The molecule has 31 heavy (non-hydrogen) atoms. The lowest BCUT2D eigenvalue weighted by molar-refractivity contribution is 0.0757. The van der Waals surface area contributed by atoms with E-state index in [1.807, 2.05) is 30.9 Å². The molecule has 0 bridgehead atoms. The second-order valence-corrected chi connectivity index (χ2v) is 8.34.